The zero-order valence-electron chi connectivity index (χ0n) is 16.6. The molecule has 1 aromatic heterocycles. The van der Waals surface area contributed by atoms with Crippen molar-refractivity contribution in [1.29, 1.82) is 0 Å². The number of aromatic amines is 1. The minimum absolute atomic E-state index is 0.00352. The predicted molar refractivity (Wildman–Crippen MR) is 114 cm³/mol. The summed E-state index contributed by atoms with van der Waals surface area (Å²) in [5.41, 5.74) is 1.12. The van der Waals surface area contributed by atoms with Gasteiger partial charge in [-0.2, -0.15) is 0 Å². The molecule has 9 heteroatoms. The molecule has 1 aromatic carbocycles. The number of aliphatic carboxylic acids is 1. The van der Waals surface area contributed by atoms with Gasteiger partial charge in [-0.1, -0.05) is 41.7 Å². The van der Waals surface area contributed by atoms with Crippen LogP contribution in [-0.4, -0.2) is 44.1 Å². The number of nitrogens with zero attached hydrogens (tertiary/aromatic N) is 1. The van der Waals surface area contributed by atoms with Crippen molar-refractivity contribution >= 4 is 40.9 Å². The van der Waals surface area contributed by atoms with Crippen LogP contribution in [0.15, 0.2) is 40.2 Å². The topological polar surface area (TPSA) is 108 Å². The van der Waals surface area contributed by atoms with Crippen LogP contribution in [0, 0.1) is 29.6 Å². The van der Waals surface area contributed by atoms with E-state index in [4.69, 9.17) is 0 Å². The van der Waals surface area contributed by atoms with Gasteiger partial charge in [0.2, 0.25) is 11.8 Å². The van der Waals surface area contributed by atoms with Crippen molar-refractivity contribution in [3.63, 3.8) is 0 Å². The number of hydrogen-bond donors (Lipinski definition) is 2. The first-order chi connectivity index (χ1) is 14.9. The minimum atomic E-state index is -1.16. The van der Waals surface area contributed by atoms with E-state index in [-0.39, 0.29) is 45.6 Å². The highest BCUT2D eigenvalue weighted by Crippen LogP contribution is 2.68. The number of benzene rings is 1. The molecule has 2 amide bonds. The lowest BCUT2D eigenvalue weighted by molar-refractivity contribution is -0.154. The van der Waals surface area contributed by atoms with E-state index in [1.54, 1.807) is 11.8 Å². The SMILES string of the molecule is C[C@@H](C(=O)O)N1C(=O)[C@@H]2[C@@H]3C[C@H]([C@H]4Sc5[nH]c(=O)sc5[C@@H](c5ccccc5)[C@H]34)[C@@H]2C1=O. The Morgan fingerprint density at radius 1 is 1.13 bits per heavy atom. The maximum atomic E-state index is 13.3. The number of nitrogens with one attached hydrogen (secondary N) is 1. The van der Waals surface area contributed by atoms with Crippen LogP contribution >= 0.6 is 23.1 Å². The van der Waals surface area contributed by atoms with Crippen molar-refractivity contribution in [2.45, 2.75) is 35.6 Å². The van der Waals surface area contributed by atoms with E-state index >= 15 is 0 Å². The van der Waals surface area contributed by atoms with Crippen LogP contribution in [0.25, 0.3) is 0 Å². The van der Waals surface area contributed by atoms with Crippen LogP contribution < -0.4 is 4.87 Å². The minimum Gasteiger partial charge on any atom is -0.480 e. The number of hydrogen-bond acceptors (Lipinski definition) is 6. The second kappa shape index (κ2) is 6.56. The average molecular weight is 457 g/mol. The molecule has 2 aliphatic heterocycles. The highest BCUT2D eigenvalue weighted by atomic mass is 32.2. The largest absolute Gasteiger partial charge is 0.480 e. The molecule has 4 aliphatic rings. The van der Waals surface area contributed by atoms with E-state index in [1.807, 2.05) is 18.2 Å². The number of rotatable bonds is 3. The number of carboxylic acids is 1. The number of carbonyl (C=O) groups excluding carboxylic acids is 2. The molecule has 6 rings (SSSR count). The molecular formula is C22H20N2O5S2. The van der Waals surface area contributed by atoms with Crippen LogP contribution in [0.5, 0.6) is 0 Å². The van der Waals surface area contributed by atoms with Gasteiger partial charge in [0.25, 0.3) is 0 Å². The Labute approximate surface area is 185 Å². The molecule has 31 heavy (non-hydrogen) atoms. The second-order valence-electron chi connectivity index (χ2n) is 8.93. The molecule has 3 heterocycles. The van der Waals surface area contributed by atoms with Gasteiger partial charge in [-0.25, -0.2) is 4.79 Å². The standard InChI is InChI=1S/C22H20N2O5S2/c1-8(21(27)28)24-19(25)14-10-7-11(15(14)20(24)26)16-13(10)12(9-5-3-2-4-6-9)17-18(30-16)23-22(29)31-17/h2-6,8,10-16H,7H2,1H3,(H,23,29)(H,27,28)/t8-,10+,11-,12-,13-,14+,15-,16+/m0/s1. The van der Waals surface area contributed by atoms with Crippen LogP contribution in [0.2, 0.25) is 0 Å². The molecule has 2 aliphatic carbocycles. The summed E-state index contributed by atoms with van der Waals surface area (Å²) in [4.78, 5) is 55.1. The average Bonchev–Trinajstić information content (AvgIpc) is 3.47. The summed E-state index contributed by atoms with van der Waals surface area (Å²) in [6, 6.07) is 8.91. The summed E-state index contributed by atoms with van der Waals surface area (Å²) in [5.74, 6) is -2.59. The summed E-state index contributed by atoms with van der Waals surface area (Å²) in [6.45, 7) is 1.40. The Hall–Kier alpha value is -2.39. The van der Waals surface area contributed by atoms with Crippen molar-refractivity contribution < 1.29 is 19.5 Å². The molecule has 2 aromatic rings. The fourth-order valence-corrected chi connectivity index (χ4v) is 9.45. The first kappa shape index (κ1) is 19.3. The van der Waals surface area contributed by atoms with Crippen LogP contribution in [0.1, 0.15) is 29.7 Å². The van der Waals surface area contributed by atoms with Gasteiger partial charge in [0.15, 0.2) is 0 Å². The first-order valence-electron chi connectivity index (χ1n) is 10.4. The van der Waals surface area contributed by atoms with Crippen LogP contribution in [0.4, 0.5) is 0 Å². The van der Waals surface area contributed by atoms with Crippen molar-refractivity contribution in [1.82, 2.24) is 9.88 Å². The van der Waals surface area contributed by atoms with E-state index in [1.165, 1.54) is 18.3 Å². The highest BCUT2D eigenvalue weighted by molar-refractivity contribution is 8.00. The van der Waals surface area contributed by atoms with E-state index in [0.717, 1.165) is 26.8 Å². The quantitative estimate of drug-likeness (QED) is 0.687. The summed E-state index contributed by atoms with van der Waals surface area (Å²) in [7, 11) is 0. The molecular weight excluding hydrogens is 436 g/mol. The normalized spacial score (nSPS) is 36.3. The van der Waals surface area contributed by atoms with Crippen molar-refractivity contribution in [3.8, 4) is 0 Å². The summed E-state index contributed by atoms with van der Waals surface area (Å²) >= 11 is 2.87. The molecule has 0 radical (unpaired) electrons. The van der Waals surface area contributed by atoms with E-state index in [0.29, 0.717) is 0 Å². The van der Waals surface area contributed by atoms with Gasteiger partial charge < -0.3 is 10.1 Å². The Morgan fingerprint density at radius 3 is 2.48 bits per heavy atom. The van der Waals surface area contributed by atoms with E-state index in [2.05, 4.69) is 17.1 Å². The van der Waals surface area contributed by atoms with Crippen LogP contribution in [0.3, 0.4) is 0 Å². The van der Waals surface area contributed by atoms with Crippen LogP contribution in [-0.2, 0) is 14.4 Å². The summed E-state index contributed by atoms with van der Waals surface area (Å²) in [6.07, 6.45) is 0.799. The monoisotopic (exact) mass is 456 g/mol. The van der Waals surface area contributed by atoms with Crippen molar-refractivity contribution in [3.05, 3.63) is 50.4 Å². The Morgan fingerprint density at radius 2 is 1.81 bits per heavy atom. The molecule has 160 valence electrons. The number of carbonyl (C=O) groups is 3. The van der Waals surface area contributed by atoms with Crippen molar-refractivity contribution in [2.24, 2.45) is 29.6 Å². The van der Waals surface area contributed by atoms with Gasteiger partial charge in [0, 0.05) is 16.0 Å². The fraction of sp³-hybridized carbons (Fsp3) is 0.455. The number of fused-ring (bicyclic) bond motifs is 9. The lowest BCUT2D eigenvalue weighted by Gasteiger charge is -2.43. The number of thioether (sulfide) groups is 1. The molecule has 1 saturated heterocycles. The first-order valence-corrected chi connectivity index (χ1v) is 12.1. The van der Waals surface area contributed by atoms with Gasteiger partial charge in [-0.15, -0.1) is 11.8 Å². The second-order valence-corrected chi connectivity index (χ2v) is 11.1. The number of likely N-dealkylation sites (tertiary alicyclic amines) is 1. The van der Waals surface area contributed by atoms with E-state index in [9.17, 15) is 24.3 Å². The van der Waals surface area contributed by atoms with Gasteiger partial charge >= 0.3 is 10.8 Å². The fourth-order valence-electron chi connectivity index (χ4n) is 6.57. The maximum absolute atomic E-state index is 13.3. The lowest BCUT2D eigenvalue weighted by atomic mass is 9.68. The van der Waals surface area contributed by atoms with Crippen molar-refractivity contribution in [2.75, 3.05) is 0 Å². The number of aromatic nitrogens is 1. The number of carboxylic acid groups (broad SMARTS) is 1. The third kappa shape index (κ3) is 2.47. The molecule has 7 nitrogen and oxygen atoms in total. The molecule has 2 bridgehead atoms. The van der Waals surface area contributed by atoms with Gasteiger partial charge in [0.05, 0.1) is 16.9 Å². The maximum Gasteiger partial charge on any atom is 0.326 e. The smallest absolute Gasteiger partial charge is 0.326 e. The molecule has 2 saturated carbocycles. The van der Waals surface area contributed by atoms with E-state index < -0.39 is 23.8 Å². The van der Waals surface area contributed by atoms with Gasteiger partial charge in [-0.05, 0) is 36.7 Å². The molecule has 0 unspecified atom stereocenters. The Bertz CT molecular complexity index is 1170. The number of thiazole rings is 1. The predicted octanol–water partition coefficient (Wildman–Crippen LogP) is 2.38. The Kier molecular flexibility index (Phi) is 4.08. The molecule has 0 spiro atoms. The Balaban J connectivity index is 1.46. The summed E-state index contributed by atoms with van der Waals surface area (Å²) < 4.78 is 0. The zero-order chi connectivity index (χ0) is 21.6. The summed E-state index contributed by atoms with van der Waals surface area (Å²) in [5, 5.41) is 10.4. The number of H-pyrrole nitrogens is 1. The third-order valence-electron chi connectivity index (χ3n) is 7.66. The molecule has 8 atom stereocenters. The van der Waals surface area contributed by atoms with Gasteiger partial charge in [-0.3, -0.25) is 19.3 Å². The van der Waals surface area contributed by atoms with Gasteiger partial charge in [0.1, 0.15) is 6.04 Å². The zero-order valence-corrected chi connectivity index (χ0v) is 18.2. The molecule has 3 fully saturated rings. The third-order valence-corrected chi connectivity index (χ3v) is 10.2. The molecule has 2 N–H and O–H groups in total. The number of imide groups is 1. The highest BCUT2D eigenvalue weighted by Gasteiger charge is 2.70. The lowest BCUT2D eigenvalue weighted by Crippen LogP contribution is -2.44. The number of amides is 2.